The van der Waals surface area contributed by atoms with E-state index in [1.807, 2.05) is 19.1 Å². The number of aliphatic imine (C=N–C) groups is 1. The normalized spacial score (nSPS) is 11.5. The molecule has 0 saturated carbocycles. The average Bonchev–Trinajstić information content (AvgIpc) is 3.08. The second-order valence-corrected chi connectivity index (χ2v) is 6.04. The standard InChI is InChI=1S/C20H21F2N5/c1-14-24-8-9-27(14)19-7-6-16(11-18(19)22)13-26-20(23-2)25-12-15-4-3-5-17(21)10-15/h3-11H,12-13H2,1-2H3,(H2,23,25,26). The Morgan fingerprint density at radius 2 is 1.81 bits per heavy atom. The van der Waals surface area contributed by atoms with Gasteiger partial charge in [0.2, 0.25) is 0 Å². The molecule has 0 aliphatic rings. The summed E-state index contributed by atoms with van der Waals surface area (Å²) in [5, 5.41) is 6.23. The smallest absolute Gasteiger partial charge is 0.191 e. The van der Waals surface area contributed by atoms with Crippen molar-refractivity contribution in [3.8, 4) is 5.69 Å². The fourth-order valence-electron chi connectivity index (χ4n) is 2.73. The van der Waals surface area contributed by atoms with Crippen LogP contribution in [0.3, 0.4) is 0 Å². The van der Waals surface area contributed by atoms with Crippen molar-refractivity contribution < 1.29 is 8.78 Å². The molecule has 0 atom stereocenters. The van der Waals surface area contributed by atoms with Crippen molar-refractivity contribution in [2.45, 2.75) is 20.0 Å². The summed E-state index contributed by atoms with van der Waals surface area (Å²) in [5.74, 6) is 0.676. The van der Waals surface area contributed by atoms with Gasteiger partial charge in [0.05, 0.1) is 5.69 Å². The fourth-order valence-corrected chi connectivity index (χ4v) is 2.73. The Balaban J connectivity index is 1.60. The molecule has 0 fully saturated rings. The number of halogens is 2. The molecule has 0 spiro atoms. The molecule has 1 aromatic heterocycles. The minimum Gasteiger partial charge on any atom is -0.352 e. The van der Waals surface area contributed by atoms with Crippen molar-refractivity contribution in [2.75, 3.05) is 7.05 Å². The van der Waals surface area contributed by atoms with E-state index in [1.165, 1.54) is 18.2 Å². The SMILES string of the molecule is CN=C(NCc1cccc(F)c1)NCc1ccc(-n2ccnc2C)c(F)c1. The first-order valence-electron chi connectivity index (χ1n) is 8.54. The molecule has 0 saturated heterocycles. The van der Waals surface area contributed by atoms with Crippen LogP contribution >= 0.6 is 0 Å². The number of hydrogen-bond donors (Lipinski definition) is 2. The maximum absolute atomic E-state index is 14.4. The van der Waals surface area contributed by atoms with Gasteiger partial charge >= 0.3 is 0 Å². The molecular formula is C20H21F2N5. The van der Waals surface area contributed by atoms with E-state index in [-0.39, 0.29) is 11.6 Å². The average molecular weight is 369 g/mol. The molecule has 0 bridgehead atoms. The summed E-state index contributed by atoms with van der Waals surface area (Å²) < 4.78 is 29.4. The van der Waals surface area contributed by atoms with E-state index in [0.29, 0.717) is 24.7 Å². The zero-order valence-electron chi connectivity index (χ0n) is 15.2. The Labute approximate surface area is 156 Å². The predicted molar refractivity (Wildman–Crippen MR) is 102 cm³/mol. The lowest BCUT2D eigenvalue weighted by atomic mass is 10.2. The monoisotopic (exact) mass is 369 g/mol. The highest BCUT2D eigenvalue weighted by Crippen LogP contribution is 2.16. The topological polar surface area (TPSA) is 54.2 Å². The minimum absolute atomic E-state index is 0.277. The third kappa shape index (κ3) is 4.69. The Hall–Kier alpha value is -3.22. The van der Waals surface area contributed by atoms with Gasteiger partial charge in [-0.15, -0.1) is 0 Å². The number of aromatic nitrogens is 2. The van der Waals surface area contributed by atoms with Gasteiger partial charge in [-0.2, -0.15) is 0 Å². The van der Waals surface area contributed by atoms with Crippen molar-refractivity contribution in [2.24, 2.45) is 4.99 Å². The molecule has 3 rings (SSSR count). The van der Waals surface area contributed by atoms with Crippen LogP contribution in [0.2, 0.25) is 0 Å². The van der Waals surface area contributed by atoms with Gasteiger partial charge in [-0.05, 0) is 42.3 Å². The summed E-state index contributed by atoms with van der Waals surface area (Å²) in [5.41, 5.74) is 2.05. The summed E-state index contributed by atoms with van der Waals surface area (Å²) in [6.07, 6.45) is 3.36. The third-order valence-corrected chi connectivity index (χ3v) is 4.13. The van der Waals surface area contributed by atoms with Crippen LogP contribution < -0.4 is 10.6 Å². The second-order valence-electron chi connectivity index (χ2n) is 6.04. The molecule has 2 aromatic carbocycles. The Morgan fingerprint density at radius 1 is 1.07 bits per heavy atom. The molecule has 0 aliphatic heterocycles. The van der Waals surface area contributed by atoms with Gasteiger partial charge in [0.25, 0.3) is 0 Å². The predicted octanol–water partition coefficient (Wildman–Crippen LogP) is 3.32. The summed E-state index contributed by atoms with van der Waals surface area (Å²) in [4.78, 5) is 8.24. The number of imidazole rings is 1. The van der Waals surface area contributed by atoms with Gasteiger partial charge in [0, 0.05) is 32.5 Å². The first-order valence-corrected chi connectivity index (χ1v) is 8.54. The van der Waals surface area contributed by atoms with Crippen LogP contribution in [-0.2, 0) is 13.1 Å². The van der Waals surface area contributed by atoms with Gasteiger partial charge < -0.3 is 15.2 Å². The second kappa shape index (κ2) is 8.44. The Bertz CT molecular complexity index is 949. The van der Waals surface area contributed by atoms with Crippen molar-refractivity contribution in [1.82, 2.24) is 20.2 Å². The number of nitrogens with zero attached hydrogens (tertiary/aromatic N) is 3. The quantitative estimate of drug-likeness (QED) is 0.536. The lowest BCUT2D eigenvalue weighted by Gasteiger charge is -2.13. The Kier molecular flexibility index (Phi) is 5.80. The van der Waals surface area contributed by atoms with Crippen LogP contribution in [0.1, 0.15) is 17.0 Å². The van der Waals surface area contributed by atoms with Crippen LogP contribution in [-0.4, -0.2) is 22.6 Å². The lowest BCUT2D eigenvalue weighted by Crippen LogP contribution is -2.36. The minimum atomic E-state index is -0.321. The van der Waals surface area contributed by atoms with Crippen LogP contribution in [0, 0.1) is 18.6 Å². The number of nitrogens with one attached hydrogen (secondary N) is 2. The van der Waals surface area contributed by atoms with E-state index in [4.69, 9.17) is 0 Å². The number of hydrogen-bond acceptors (Lipinski definition) is 2. The zero-order valence-corrected chi connectivity index (χ0v) is 15.2. The highest BCUT2D eigenvalue weighted by Gasteiger charge is 2.08. The molecule has 27 heavy (non-hydrogen) atoms. The summed E-state index contributed by atoms with van der Waals surface area (Å²) >= 11 is 0. The molecular weight excluding hydrogens is 348 g/mol. The van der Waals surface area contributed by atoms with E-state index < -0.39 is 0 Å². The molecule has 0 amide bonds. The van der Waals surface area contributed by atoms with Crippen molar-refractivity contribution in [3.05, 3.63) is 83.4 Å². The van der Waals surface area contributed by atoms with Gasteiger partial charge in [-0.25, -0.2) is 13.8 Å². The zero-order chi connectivity index (χ0) is 19.2. The molecule has 0 aliphatic carbocycles. The molecule has 0 unspecified atom stereocenters. The molecule has 1 heterocycles. The van der Waals surface area contributed by atoms with Crippen LogP contribution in [0.15, 0.2) is 59.9 Å². The van der Waals surface area contributed by atoms with Crippen LogP contribution in [0.25, 0.3) is 5.69 Å². The Morgan fingerprint density at radius 3 is 2.41 bits per heavy atom. The number of benzene rings is 2. The van der Waals surface area contributed by atoms with Gasteiger partial charge in [-0.1, -0.05) is 18.2 Å². The van der Waals surface area contributed by atoms with E-state index in [9.17, 15) is 8.78 Å². The summed E-state index contributed by atoms with van der Waals surface area (Å²) in [6.45, 7) is 2.66. The largest absolute Gasteiger partial charge is 0.352 e. The van der Waals surface area contributed by atoms with Gasteiger partial charge in [-0.3, -0.25) is 4.99 Å². The van der Waals surface area contributed by atoms with E-state index in [2.05, 4.69) is 20.6 Å². The van der Waals surface area contributed by atoms with Gasteiger partial charge in [0.15, 0.2) is 5.96 Å². The first-order chi connectivity index (χ1) is 13.1. The van der Waals surface area contributed by atoms with Crippen LogP contribution in [0.4, 0.5) is 8.78 Å². The van der Waals surface area contributed by atoms with E-state index in [1.54, 1.807) is 36.1 Å². The number of rotatable bonds is 5. The first kappa shape index (κ1) is 18.6. The highest BCUT2D eigenvalue weighted by molar-refractivity contribution is 5.79. The lowest BCUT2D eigenvalue weighted by molar-refractivity contribution is 0.613. The van der Waals surface area contributed by atoms with Crippen molar-refractivity contribution in [3.63, 3.8) is 0 Å². The van der Waals surface area contributed by atoms with Crippen molar-refractivity contribution in [1.29, 1.82) is 0 Å². The molecule has 140 valence electrons. The van der Waals surface area contributed by atoms with Crippen molar-refractivity contribution >= 4 is 5.96 Å². The van der Waals surface area contributed by atoms with E-state index in [0.717, 1.165) is 17.0 Å². The summed E-state index contributed by atoms with van der Waals surface area (Å²) in [7, 11) is 1.65. The maximum Gasteiger partial charge on any atom is 0.191 e. The molecule has 0 radical (unpaired) electrons. The maximum atomic E-state index is 14.4. The number of guanidine groups is 1. The molecule has 2 N–H and O–H groups in total. The number of aryl methyl sites for hydroxylation is 1. The molecule has 5 nitrogen and oxygen atoms in total. The van der Waals surface area contributed by atoms with Gasteiger partial charge in [0.1, 0.15) is 17.5 Å². The third-order valence-electron chi connectivity index (χ3n) is 4.13. The fraction of sp³-hybridized carbons (Fsp3) is 0.200. The molecule has 3 aromatic rings. The van der Waals surface area contributed by atoms with E-state index >= 15 is 0 Å². The summed E-state index contributed by atoms with van der Waals surface area (Å²) in [6, 6.07) is 11.4. The van der Waals surface area contributed by atoms with Crippen LogP contribution in [0.5, 0.6) is 0 Å². The highest BCUT2D eigenvalue weighted by atomic mass is 19.1. The molecule has 7 heteroatoms.